The Labute approximate surface area is 212 Å². The van der Waals surface area contributed by atoms with E-state index in [4.69, 9.17) is 4.74 Å². The molecule has 1 saturated carbocycles. The third-order valence-electron chi connectivity index (χ3n) is 8.08. The molecule has 4 rings (SSSR count). The lowest BCUT2D eigenvalue weighted by Gasteiger charge is -2.28. The van der Waals surface area contributed by atoms with Crippen LogP contribution in [0.5, 0.6) is 5.75 Å². The zero-order valence-electron chi connectivity index (χ0n) is 21.7. The minimum atomic E-state index is -0.218. The molecule has 0 saturated heterocycles. The van der Waals surface area contributed by atoms with Crippen LogP contribution in [0.3, 0.4) is 0 Å². The van der Waals surface area contributed by atoms with Crippen LogP contribution in [0.15, 0.2) is 66.8 Å². The highest BCUT2D eigenvalue weighted by atomic mass is 19.1. The smallest absolute Gasteiger partial charge is 0.129 e. The van der Waals surface area contributed by atoms with Gasteiger partial charge in [-0.2, -0.15) is 0 Å². The van der Waals surface area contributed by atoms with Crippen molar-refractivity contribution < 1.29 is 9.13 Å². The second-order valence-corrected chi connectivity index (χ2v) is 10.8. The number of aryl methyl sites for hydroxylation is 1. The largest absolute Gasteiger partial charge is 0.489 e. The second kappa shape index (κ2) is 13.1. The van der Waals surface area contributed by atoms with Crippen molar-refractivity contribution >= 4 is 0 Å². The molecule has 0 heterocycles. The fourth-order valence-corrected chi connectivity index (χ4v) is 5.62. The summed E-state index contributed by atoms with van der Waals surface area (Å²) in [4.78, 5) is 0. The highest BCUT2D eigenvalue weighted by Gasteiger charge is 2.21. The fraction of sp³-hybridized carbons (Fsp3) is 0.515. The van der Waals surface area contributed by atoms with Crippen LogP contribution in [0.4, 0.5) is 4.39 Å². The van der Waals surface area contributed by atoms with E-state index in [1.807, 2.05) is 6.07 Å². The summed E-state index contributed by atoms with van der Waals surface area (Å²) in [5.41, 5.74) is 3.21. The van der Waals surface area contributed by atoms with E-state index in [0.29, 0.717) is 29.8 Å². The summed E-state index contributed by atoms with van der Waals surface area (Å²) < 4.78 is 19.5. The van der Waals surface area contributed by atoms with Crippen molar-refractivity contribution in [2.75, 3.05) is 0 Å². The highest BCUT2D eigenvalue weighted by Crippen LogP contribution is 2.37. The van der Waals surface area contributed by atoms with Crippen LogP contribution in [0.2, 0.25) is 0 Å². The summed E-state index contributed by atoms with van der Waals surface area (Å²) in [6, 6.07) is 13.9. The molecule has 2 heteroatoms. The van der Waals surface area contributed by atoms with E-state index in [1.165, 1.54) is 75.8 Å². The SMILES string of the molecule is CCCCCC1C=CC(/C=C/C2CCC(c3ccc(COc4ccc(C)c(F)c4)cc3)CC2)CC1. The van der Waals surface area contributed by atoms with Crippen LogP contribution in [-0.2, 0) is 6.61 Å². The van der Waals surface area contributed by atoms with Crippen molar-refractivity contribution in [3.63, 3.8) is 0 Å². The molecule has 35 heavy (non-hydrogen) atoms. The van der Waals surface area contributed by atoms with Crippen molar-refractivity contribution in [3.05, 3.63) is 89.3 Å². The third-order valence-corrected chi connectivity index (χ3v) is 8.08. The van der Waals surface area contributed by atoms with Crippen LogP contribution < -0.4 is 4.74 Å². The number of halogens is 1. The Kier molecular flexibility index (Phi) is 9.63. The summed E-state index contributed by atoms with van der Waals surface area (Å²) in [6.45, 7) is 4.52. The van der Waals surface area contributed by atoms with Gasteiger partial charge in [0.25, 0.3) is 0 Å². The first-order valence-electron chi connectivity index (χ1n) is 13.9. The molecule has 2 aliphatic carbocycles. The Balaban J connectivity index is 1.19. The van der Waals surface area contributed by atoms with Crippen LogP contribution >= 0.6 is 0 Å². The molecule has 0 aliphatic heterocycles. The first-order valence-corrected chi connectivity index (χ1v) is 13.9. The van der Waals surface area contributed by atoms with Gasteiger partial charge < -0.3 is 4.74 Å². The first kappa shape index (κ1) is 25.7. The molecule has 188 valence electrons. The van der Waals surface area contributed by atoms with E-state index in [1.54, 1.807) is 13.0 Å². The van der Waals surface area contributed by atoms with Crippen molar-refractivity contribution in [1.82, 2.24) is 0 Å². The fourth-order valence-electron chi connectivity index (χ4n) is 5.62. The zero-order chi connectivity index (χ0) is 24.5. The van der Waals surface area contributed by atoms with Gasteiger partial charge in [0.15, 0.2) is 0 Å². The van der Waals surface area contributed by atoms with Crippen LogP contribution in [0.25, 0.3) is 0 Å². The maximum atomic E-state index is 13.7. The van der Waals surface area contributed by atoms with Gasteiger partial charge in [0.1, 0.15) is 18.2 Å². The van der Waals surface area contributed by atoms with Gasteiger partial charge in [-0.05, 0) is 98.3 Å². The minimum Gasteiger partial charge on any atom is -0.489 e. The Hall–Kier alpha value is -2.35. The number of unbranched alkanes of at least 4 members (excludes halogenated alkanes) is 2. The summed E-state index contributed by atoms with van der Waals surface area (Å²) in [6.07, 6.45) is 23.3. The topological polar surface area (TPSA) is 9.23 Å². The van der Waals surface area contributed by atoms with Gasteiger partial charge in [0.2, 0.25) is 0 Å². The first-order chi connectivity index (χ1) is 17.1. The molecule has 0 N–H and O–H groups in total. The molecule has 0 radical (unpaired) electrons. The number of benzene rings is 2. The number of hydrogen-bond donors (Lipinski definition) is 0. The van der Waals surface area contributed by atoms with E-state index >= 15 is 0 Å². The average molecular weight is 475 g/mol. The van der Waals surface area contributed by atoms with E-state index < -0.39 is 0 Å². The molecular formula is C33H43FO. The minimum absolute atomic E-state index is 0.218. The number of rotatable bonds is 10. The molecule has 0 amide bonds. The Bertz CT molecular complexity index is 965. The van der Waals surface area contributed by atoms with Gasteiger partial charge >= 0.3 is 0 Å². The molecule has 2 unspecified atom stereocenters. The van der Waals surface area contributed by atoms with Gasteiger partial charge in [-0.3, -0.25) is 0 Å². The zero-order valence-corrected chi connectivity index (χ0v) is 21.7. The monoisotopic (exact) mass is 474 g/mol. The number of ether oxygens (including phenoxy) is 1. The molecule has 0 bridgehead atoms. The van der Waals surface area contributed by atoms with E-state index in [9.17, 15) is 4.39 Å². The average Bonchev–Trinajstić information content (AvgIpc) is 2.90. The van der Waals surface area contributed by atoms with Crippen molar-refractivity contribution in [2.45, 2.75) is 90.6 Å². The number of allylic oxidation sites excluding steroid dienone is 4. The van der Waals surface area contributed by atoms with E-state index in [0.717, 1.165) is 17.4 Å². The second-order valence-electron chi connectivity index (χ2n) is 10.8. The van der Waals surface area contributed by atoms with Crippen molar-refractivity contribution in [2.24, 2.45) is 17.8 Å². The predicted octanol–water partition coefficient (Wildman–Crippen LogP) is 9.71. The molecular weight excluding hydrogens is 431 g/mol. The molecule has 2 atom stereocenters. The molecule has 2 aliphatic rings. The van der Waals surface area contributed by atoms with Gasteiger partial charge in [-0.1, -0.05) is 80.8 Å². The molecule has 1 fully saturated rings. The van der Waals surface area contributed by atoms with Crippen molar-refractivity contribution in [3.8, 4) is 5.75 Å². The normalized spacial score (nSPS) is 24.7. The summed E-state index contributed by atoms with van der Waals surface area (Å²) in [7, 11) is 0. The predicted molar refractivity (Wildman–Crippen MR) is 145 cm³/mol. The maximum absolute atomic E-state index is 13.7. The third kappa shape index (κ3) is 7.82. The molecule has 2 aromatic carbocycles. The van der Waals surface area contributed by atoms with E-state index in [2.05, 4.69) is 55.5 Å². The molecule has 2 aromatic rings. The maximum Gasteiger partial charge on any atom is 0.129 e. The van der Waals surface area contributed by atoms with Gasteiger partial charge in [0, 0.05) is 6.07 Å². The Morgan fingerprint density at radius 1 is 0.886 bits per heavy atom. The quantitative estimate of drug-likeness (QED) is 0.246. The van der Waals surface area contributed by atoms with Gasteiger partial charge in [-0.15, -0.1) is 0 Å². The van der Waals surface area contributed by atoms with Gasteiger partial charge in [0.05, 0.1) is 0 Å². The summed E-state index contributed by atoms with van der Waals surface area (Å²) in [5.74, 6) is 3.25. The van der Waals surface area contributed by atoms with Crippen LogP contribution in [0.1, 0.15) is 93.7 Å². The van der Waals surface area contributed by atoms with Crippen LogP contribution in [-0.4, -0.2) is 0 Å². The van der Waals surface area contributed by atoms with Crippen molar-refractivity contribution in [1.29, 1.82) is 0 Å². The highest BCUT2D eigenvalue weighted by molar-refractivity contribution is 5.29. The molecule has 0 spiro atoms. The summed E-state index contributed by atoms with van der Waals surface area (Å²) in [5, 5.41) is 0. The standard InChI is InChI=1S/C33H43FO/c1-3-4-5-6-26-8-10-27(11-9-26)12-13-28-14-18-30(19-15-28)31-20-16-29(17-21-31)24-35-32-22-7-25(2)33(34)23-32/h7-8,10,12-13,16-17,20-23,26-28,30H,3-6,9,11,14-15,18-19,24H2,1-2H3/b13-12+. The lowest BCUT2D eigenvalue weighted by molar-refractivity contribution is 0.304. The molecule has 0 aromatic heterocycles. The Morgan fingerprint density at radius 2 is 1.69 bits per heavy atom. The summed E-state index contributed by atoms with van der Waals surface area (Å²) >= 11 is 0. The lowest BCUT2D eigenvalue weighted by Crippen LogP contribution is -2.12. The van der Waals surface area contributed by atoms with Gasteiger partial charge in [-0.25, -0.2) is 4.39 Å². The lowest BCUT2D eigenvalue weighted by atomic mass is 9.78. The van der Waals surface area contributed by atoms with E-state index in [-0.39, 0.29) is 5.82 Å². The number of hydrogen-bond acceptors (Lipinski definition) is 1. The Morgan fingerprint density at radius 3 is 2.37 bits per heavy atom. The van der Waals surface area contributed by atoms with Crippen LogP contribution in [0, 0.1) is 30.5 Å². The molecule has 1 nitrogen and oxygen atoms in total.